The Morgan fingerprint density at radius 1 is 1.32 bits per heavy atom. The van der Waals surface area contributed by atoms with Gasteiger partial charge in [0.1, 0.15) is 4.88 Å². The van der Waals surface area contributed by atoms with Crippen molar-refractivity contribution in [2.45, 2.75) is 26.2 Å². The number of nitrogens with zero attached hydrogens (tertiary/aromatic N) is 1. The summed E-state index contributed by atoms with van der Waals surface area (Å²) in [5, 5.41) is 13.0. The number of carbonyl (C=O) groups excluding carboxylic acids is 1. The number of rotatable bonds is 6. The molecule has 0 spiro atoms. The Bertz CT molecular complexity index is 667. The fraction of sp³-hybridized carbons (Fsp3) is 0.312. The van der Waals surface area contributed by atoms with E-state index in [-0.39, 0.29) is 12.5 Å². The standard InChI is InChI=1S/C16H18N2O3S/c1-3-13-18-10(2)14(22-13)15(19)17-9-12(16(20)21)11-7-5-4-6-8-11/h4-8,12H,3,9H2,1-2H3,(H,17,19)(H,20,21). The number of aryl methyl sites for hydroxylation is 2. The summed E-state index contributed by atoms with van der Waals surface area (Å²) in [6, 6.07) is 8.89. The molecule has 0 bridgehead atoms. The van der Waals surface area contributed by atoms with Gasteiger partial charge in [-0.1, -0.05) is 37.3 Å². The van der Waals surface area contributed by atoms with Gasteiger partial charge in [0.15, 0.2) is 0 Å². The van der Waals surface area contributed by atoms with Gasteiger partial charge in [-0.15, -0.1) is 11.3 Å². The number of aliphatic carboxylic acids is 1. The molecule has 5 nitrogen and oxygen atoms in total. The first-order valence-electron chi connectivity index (χ1n) is 7.05. The minimum Gasteiger partial charge on any atom is -0.481 e. The molecule has 2 aromatic rings. The van der Waals surface area contributed by atoms with Crippen molar-refractivity contribution in [2.75, 3.05) is 6.54 Å². The number of carboxylic acids is 1. The molecule has 1 atom stereocenters. The lowest BCUT2D eigenvalue weighted by molar-refractivity contribution is -0.138. The average molecular weight is 318 g/mol. The highest BCUT2D eigenvalue weighted by Crippen LogP contribution is 2.19. The van der Waals surface area contributed by atoms with Crippen LogP contribution in [0.15, 0.2) is 30.3 Å². The summed E-state index contributed by atoms with van der Waals surface area (Å²) in [7, 11) is 0. The van der Waals surface area contributed by atoms with E-state index in [2.05, 4.69) is 10.3 Å². The van der Waals surface area contributed by atoms with Crippen LogP contribution in [-0.2, 0) is 11.2 Å². The SMILES string of the molecule is CCc1nc(C)c(C(=O)NCC(C(=O)O)c2ccccc2)s1. The fourth-order valence-electron chi connectivity index (χ4n) is 2.12. The molecule has 1 amide bonds. The Morgan fingerprint density at radius 3 is 2.55 bits per heavy atom. The summed E-state index contributed by atoms with van der Waals surface area (Å²) in [4.78, 5) is 28.5. The number of aromatic nitrogens is 1. The van der Waals surface area contributed by atoms with E-state index in [1.54, 1.807) is 31.2 Å². The molecule has 0 aliphatic carbocycles. The number of thiazole rings is 1. The van der Waals surface area contributed by atoms with Gasteiger partial charge in [-0.3, -0.25) is 9.59 Å². The lowest BCUT2D eigenvalue weighted by Crippen LogP contribution is -2.31. The molecule has 1 heterocycles. The van der Waals surface area contributed by atoms with Gasteiger partial charge < -0.3 is 10.4 Å². The third-order valence-electron chi connectivity index (χ3n) is 3.32. The van der Waals surface area contributed by atoms with Gasteiger partial charge in [-0.25, -0.2) is 4.98 Å². The molecule has 1 aromatic heterocycles. The third-order valence-corrected chi connectivity index (χ3v) is 4.62. The first kappa shape index (κ1) is 16.2. The molecule has 0 fully saturated rings. The molecule has 1 unspecified atom stereocenters. The quantitative estimate of drug-likeness (QED) is 0.858. The maximum Gasteiger partial charge on any atom is 0.312 e. The van der Waals surface area contributed by atoms with Gasteiger partial charge in [0.05, 0.1) is 16.6 Å². The normalized spacial score (nSPS) is 11.9. The van der Waals surface area contributed by atoms with Crippen LogP contribution in [0.5, 0.6) is 0 Å². The van der Waals surface area contributed by atoms with E-state index < -0.39 is 11.9 Å². The summed E-state index contributed by atoms with van der Waals surface area (Å²) < 4.78 is 0. The first-order valence-corrected chi connectivity index (χ1v) is 7.86. The molecule has 6 heteroatoms. The maximum atomic E-state index is 12.2. The van der Waals surface area contributed by atoms with Crippen LogP contribution in [0.3, 0.4) is 0 Å². The highest BCUT2D eigenvalue weighted by Gasteiger charge is 2.22. The van der Waals surface area contributed by atoms with Crippen LogP contribution in [0.2, 0.25) is 0 Å². The number of carboxylic acid groups (broad SMARTS) is 1. The summed E-state index contributed by atoms with van der Waals surface area (Å²) in [6.45, 7) is 3.82. The minimum absolute atomic E-state index is 0.0526. The second-order valence-corrected chi connectivity index (χ2v) is 5.97. The third kappa shape index (κ3) is 3.71. The lowest BCUT2D eigenvalue weighted by Gasteiger charge is -2.13. The fourth-order valence-corrected chi connectivity index (χ4v) is 3.04. The van der Waals surface area contributed by atoms with Crippen molar-refractivity contribution >= 4 is 23.2 Å². The number of carbonyl (C=O) groups is 2. The molecule has 2 rings (SSSR count). The Labute approximate surface area is 133 Å². The van der Waals surface area contributed by atoms with E-state index in [0.717, 1.165) is 11.4 Å². The largest absolute Gasteiger partial charge is 0.481 e. The van der Waals surface area contributed by atoms with Gasteiger partial charge in [-0.2, -0.15) is 0 Å². The zero-order valence-corrected chi connectivity index (χ0v) is 13.3. The van der Waals surface area contributed by atoms with E-state index in [0.29, 0.717) is 16.1 Å². The molecule has 22 heavy (non-hydrogen) atoms. The second kappa shape index (κ2) is 7.17. The number of benzene rings is 1. The molecule has 0 saturated heterocycles. The van der Waals surface area contributed by atoms with E-state index in [1.165, 1.54) is 11.3 Å². The van der Waals surface area contributed by atoms with Crippen molar-refractivity contribution in [2.24, 2.45) is 0 Å². The summed E-state index contributed by atoms with van der Waals surface area (Å²) >= 11 is 1.35. The van der Waals surface area contributed by atoms with E-state index in [1.807, 2.05) is 13.0 Å². The smallest absolute Gasteiger partial charge is 0.312 e. The van der Waals surface area contributed by atoms with Crippen LogP contribution >= 0.6 is 11.3 Å². The monoisotopic (exact) mass is 318 g/mol. The summed E-state index contributed by atoms with van der Waals surface area (Å²) in [6.07, 6.45) is 0.778. The number of amides is 1. The molecule has 116 valence electrons. The van der Waals surface area contributed by atoms with Crippen LogP contribution in [0, 0.1) is 6.92 Å². The van der Waals surface area contributed by atoms with E-state index in [4.69, 9.17) is 0 Å². The molecule has 0 saturated carbocycles. The Hall–Kier alpha value is -2.21. The number of hydrogen-bond donors (Lipinski definition) is 2. The van der Waals surface area contributed by atoms with Crippen LogP contribution in [0.4, 0.5) is 0 Å². The zero-order valence-electron chi connectivity index (χ0n) is 12.5. The van der Waals surface area contributed by atoms with Crippen molar-refractivity contribution in [3.8, 4) is 0 Å². The van der Waals surface area contributed by atoms with E-state index >= 15 is 0 Å². The van der Waals surface area contributed by atoms with Gasteiger partial charge in [0.25, 0.3) is 5.91 Å². The van der Waals surface area contributed by atoms with Crippen LogP contribution in [-0.4, -0.2) is 28.5 Å². The van der Waals surface area contributed by atoms with Crippen molar-refractivity contribution < 1.29 is 14.7 Å². The van der Waals surface area contributed by atoms with Crippen molar-refractivity contribution in [1.29, 1.82) is 0 Å². The zero-order chi connectivity index (χ0) is 16.1. The van der Waals surface area contributed by atoms with Gasteiger partial charge in [0.2, 0.25) is 0 Å². The van der Waals surface area contributed by atoms with Gasteiger partial charge >= 0.3 is 5.97 Å². The second-order valence-electron chi connectivity index (χ2n) is 4.89. The molecule has 0 aliphatic heterocycles. The highest BCUT2D eigenvalue weighted by atomic mass is 32.1. The summed E-state index contributed by atoms with van der Waals surface area (Å²) in [5.74, 6) is -1.98. The van der Waals surface area contributed by atoms with Gasteiger partial charge in [-0.05, 0) is 18.9 Å². The molecule has 2 N–H and O–H groups in total. The van der Waals surface area contributed by atoms with Crippen LogP contribution in [0.1, 0.15) is 38.8 Å². The Balaban J connectivity index is 2.08. The van der Waals surface area contributed by atoms with Crippen molar-refractivity contribution in [3.05, 3.63) is 51.5 Å². The molecule has 1 aromatic carbocycles. The predicted molar refractivity (Wildman–Crippen MR) is 85.4 cm³/mol. The topological polar surface area (TPSA) is 79.3 Å². The van der Waals surface area contributed by atoms with Gasteiger partial charge in [0, 0.05) is 6.54 Å². The Kier molecular flexibility index (Phi) is 5.27. The van der Waals surface area contributed by atoms with Crippen molar-refractivity contribution in [3.63, 3.8) is 0 Å². The molecule has 0 aliphatic rings. The average Bonchev–Trinajstić information content (AvgIpc) is 2.89. The maximum absolute atomic E-state index is 12.2. The number of nitrogens with one attached hydrogen (secondary N) is 1. The highest BCUT2D eigenvalue weighted by molar-refractivity contribution is 7.13. The van der Waals surface area contributed by atoms with Crippen LogP contribution < -0.4 is 5.32 Å². The minimum atomic E-state index is -0.957. The van der Waals surface area contributed by atoms with Crippen molar-refractivity contribution in [1.82, 2.24) is 10.3 Å². The Morgan fingerprint density at radius 2 is 2.00 bits per heavy atom. The van der Waals surface area contributed by atoms with E-state index in [9.17, 15) is 14.7 Å². The molecular formula is C16H18N2O3S. The predicted octanol–water partition coefficient (Wildman–Crippen LogP) is 2.61. The van der Waals surface area contributed by atoms with Crippen LogP contribution in [0.25, 0.3) is 0 Å². The summed E-state index contributed by atoms with van der Waals surface area (Å²) in [5.41, 5.74) is 1.36. The first-order chi connectivity index (χ1) is 10.5. The molecular weight excluding hydrogens is 300 g/mol. The molecule has 0 radical (unpaired) electrons. The number of hydrogen-bond acceptors (Lipinski definition) is 4. The lowest BCUT2D eigenvalue weighted by atomic mass is 9.99.